The molecule has 4 N–H and O–H groups in total. The standard InChI is InChI=1S/C13H26N2O4/c1-5-13(6-2,7-3)15-11(18)14-9-12(4,19)8-10(16)17/h19H,5-9H2,1-4H3,(H,16,17)(H2,14,15,18). The van der Waals surface area contributed by atoms with Crippen molar-refractivity contribution in [2.45, 2.75) is 64.5 Å². The van der Waals surface area contributed by atoms with Crippen LogP contribution in [0.3, 0.4) is 0 Å². The van der Waals surface area contributed by atoms with E-state index >= 15 is 0 Å². The number of carboxylic acid groups (broad SMARTS) is 1. The number of rotatable bonds is 8. The number of hydrogen-bond acceptors (Lipinski definition) is 3. The maximum absolute atomic E-state index is 11.8. The highest BCUT2D eigenvalue weighted by molar-refractivity contribution is 5.75. The molecule has 0 aromatic carbocycles. The molecule has 112 valence electrons. The number of carbonyl (C=O) groups is 2. The zero-order chi connectivity index (χ0) is 15.1. The van der Waals surface area contributed by atoms with E-state index in [1.807, 2.05) is 20.8 Å². The van der Waals surface area contributed by atoms with Gasteiger partial charge in [-0.05, 0) is 26.2 Å². The molecule has 0 aliphatic carbocycles. The Morgan fingerprint density at radius 2 is 1.58 bits per heavy atom. The Bertz CT molecular complexity index is 304. The van der Waals surface area contributed by atoms with Crippen LogP contribution >= 0.6 is 0 Å². The highest BCUT2D eigenvalue weighted by atomic mass is 16.4. The van der Waals surface area contributed by atoms with E-state index in [1.165, 1.54) is 6.92 Å². The average molecular weight is 274 g/mol. The van der Waals surface area contributed by atoms with Crippen molar-refractivity contribution < 1.29 is 19.8 Å². The average Bonchev–Trinajstić information content (AvgIpc) is 2.32. The Morgan fingerprint density at radius 1 is 1.11 bits per heavy atom. The Kier molecular flexibility index (Phi) is 6.83. The van der Waals surface area contributed by atoms with Crippen LogP contribution in [0.1, 0.15) is 53.4 Å². The molecule has 0 bridgehead atoms. The van der Waals surface area contributed by atoms with Gasteiger partial charge in [0.05, 0.1) is 12.0 Å². The van der Waals surface area contributed by atoms with Gasteiger partial charge in [0, 0.05) is 12.1 Å². The van der Waals surface area contributed by atoms with Gasteiger partial charge >= 0.3 is 12.0 Å². The summed E-state index contributed by atoms with van der Waals surface area (Å²) in [6.07, 6.45) is 2.05. The van der Waals surface area contributed by atoms with Crippen molar-refractivity contribution in [1.82, 2.24) is 10.6 Å². The SMILES string of the molecule is CCC(CC)(CC)NC(=O)NCC(C)(O)CC(=O)O. The summed E-state index contributed by atoms with van der Waals surface area (Å²) in [5, 5.41) is 23.8. The molecule has 6 heteroatoms. The number of carbonyl (C=O) groups excluding carboxylic acids is 1. The summed E-state index contributed by atoms with van der Waals surface area (Å²) in [6.45, 7) is 7.31. The third-order valence-corrected chi connectivity index (χ3v) is 3.57. The number of nitrogens with one attached hydrogen (secondary N) is 2. The lowest BCUT2D eigenvalue weighted by Gasteiger charge is -2.32. The summed E-state index contributed by atoms with van der Waals surface area (Å²) in [5.74, 6) is -1.10. The van der Waals surface area contributed by atoms with Gasteiger partial charge in [0.2, 0.25) is 0 Å². The molecule has 0 aliphatic heterocycles. The summed E-state index contributed by atoms with van der Waals surface area (Å²) >= 11 is 0. The molecule has 19 heavy (non-hydrogen) atoms. The normalized spacial score (nSPS) is 14.6. The van der Waals surface area contributed by atoms with Crippen LogP contribution in [0.5, 0.6) is 0 Å². The second-order valence-corrected chi connectivity index (χ2v) is 5.22. The number of amides is 2. The highest BCUT2D eigenvalue weighted by Crippen LogP contribution is 2.18. The van der Waals surface area contributed by atoms with Gasteiger partial charge in [0.25, 0.3) is 0 Å². The molecule has 0 aromatic heterocycles. The van der Waals surface area contributed by atoms with Crippen LogP contribution in [-0.2, 0) is 4.79 Å². The fraction of sp³-hybridized carbons (Fsp3) is 0.846. The maximum atomic E-state index is 11.8. The third-order valence-electron chi connectivity index (χ3n) is 3.57. The molecule has 0 saturated heterocycles. The molecule has 0 fully saturated rings. The number of urea groups is 1. The summed E-state index contributed by atoms with van der Waals surface area (Å²) in [7, 11) is 0. The molecular weight excluding hydrogens is 248 g/mol. The van der Waals surface area contributed by atoms with Crippen LogP contribution < -0.4 is 10.6 Å². The molecule has 0 aromatic rings. The molecule has 0 aliphatic rings. The summed E-state index contributed by atoms with van der Waals surface area (Å²) < 4.78 is 0. The molecule has 0 radical (unpaired) electrons. The lowest BCUT2D eigenvalue weighted by Crippen LogP contribution is -2.53. The molecule has 0 rings (SSSR count). The molecule has 0 spiro atoms. The van der Waals surface area contributed by atoms with E-state index in [9.17, 15) is 14.7 Å². The van der Waals surface area contributed by atoms with E-state index in [0.29, 0.717) is 0 Å². The second-order valence-electron chi connectivity index (χ2n) is 5.22. The van der Waals surface area contributed by atoms with Gasteiger partial charge in [-0.3, -0.25) is 4.79 Å². The summed E-state index contributed by atoms with van der Waals surface area (Å²) in [4.78, 5) is 22.3. The molecule has 1 atom stereocenters. The van der Waals surface area contributed by atoms with Crippen molar-refractivity contribution in [3.05, 3.63) is 0 Å². The molecule has 6 nitrogen and oxygen atoms in total. The quantitative estimate of drug-likeness (QED) is 0.539. The van der Waals surface area contributed by atoms with Crippen LogP contribution in [-0.4, -0.2) is 39.9 Å². The first-order chi connectivity index (χ1) is 8.70. The van der Waals surface area contributed by atoms with E-state index in [-0.39, 0.29) is 18.1 Å². The van der Waals surface area contributed by atoms with E-state index in [1.54, 1.807) is 0 Å². The minimum absolute atomic E-state index is 0.0989. The largest absolute Gasteiger partial charge is 0.481 e. The van der Waals surface area contributed by atoms with Crippen molar-refractivity contribution in [3.8, 4) is 0 Å². The Hall–Kier alpha value is -1.30. The fourth-order valence-corrected chi connectivity index (χ4v) is 1.96. The zero-order valence-corrected chi connectivity index (χ0v) is 12.2. The van der Waals surface area contributed by atoms with Crippen LogP contribution in [0.25, 0.3) is 0 Å². The molecule has 2 amide bonds. The fourth-order valence-electron chi connectivity index (χ4n) is 1.96. The number of carboxylic acids is 1. The molecule has 0 saturated carbocycles. The first-order valence-electron chi connectivity index (χ1n) is 6.70. The number of hydrogen-bond donors (Lipinski definition) is 4. The van der Waals surface area contributed by atoms with E-state index in [0.717, 1.165) is 19.3 Å². The second kappa shape index (κ2) is 7.33. The first kappa shape index (κ1) is 17.7. The van der Waals surface area contributed by atoms with Crippen molar-refractivity contribution in [1.29, 1.82) is 0 Å². The van der Waals surface area contributed by atoms with Crippen molar-refractivity contribution in [3.63, 3.8) is 0 Å². The Morgan fingerprint density at radius 3 is 1.95 bits per heavy atom. The Labute approximate surface area is 114 Å². The van der Waals surface area contributed by atoms with Crippen LogP contribution in [0.2, 0.25) is 0 Å². The van der Waals surface area contributed by atoms with Gasteiger partial charge in [0.1, 0.15) is 0 Å². The van der Waals surface area contributed by atoms with Gasteiger partial charge in [-0.25, -0.2) is 4.79 Å². The van der Waals surface area contributed by atoms with Gasteiger partial charge in [-0.2, -0.15) is 0 Å². The minimum atomic E-state index is -1.45. The minimum Gasteiger partial charge on any atom is -0.481 e. The van der Waals surface area contributed by atoms with E-state index in [2.05, 4.69) is 10.6 Å². The smallest absolute Gasteiger partial charge is 0.315 e. The highest BCUT2D eigenvalue weighted by Gasteiger charge is 2.28. The monoisotopic (exact) mass is 274 g/mol. The predicted molar refractivity (Wildman–Crippen MR) is 73.0 cm³/mol. The number of aliphatic carboxylic acids is 1. The molecule has 0 heterocycles. The van der Waals surface area contributed by atoms with Crippen LogP contribution in [0.15, 0.2) is 0 Å². The van der Waals surface area contributed by atoms with E-state index in [4.69, 9.17) is 5.11 Å². The lowest BCUT2D eigenvalue weighted by molar-refractivity contribution is -0.141. The van der Waals surface area contributed by atoms with Gasteiger partial charge in [-0.1, -0.05) is 20.8 Å². The van der Waals surface area contributed by atoms with Crippen molar-refractivity contribution in [2.75, 3.05) is 6.54 Å². The lowest BCUT2D eigenvalue weighted by atomic mass is 9.90. The van der Waals surface area contributed by atoms with Gasteiger partial charge in [0.15, 0.2) is 0 Å². The number of aliphatic hydroxyl groups is 1. The summed E-state index contributed by atoms with van der Waals surface area (Å²) in [6, 6.07) is -0.379. The van der Waals surface area contributed by atoms with Crippen molar-refractivity contribution >= 4 is 12.0 Å². The van der Waals surface area contributed by atoms with E-state index < -0.39 is 18.0 Å². The topological polar surface area (TPSA) is 98.7 Å². The van der Waals surface area contributed by atoms with Gasteiger partial charge in [-0.15, -0.1) is 0 Å². The first-order valence-corrected chi connectivity index (χ1v) is 6.70. The summed E-state index contributed by atoms with van der Waals surface area (Å²) in [5.41, 5.74) is -1.70. The molecule has 1 unspecified atom stereocenters. The van der Waals surface area contributed by atoms with Gasteiger partial charge < -0.3 is 20.8 Å². The van der Waals surface area contributed by atoms with Crippen LogP contribution in [0.4, 0.5) is 4.79 Å². The third kappa shape index (κ3) is 6.42. The van der Waals surface area contributed by atoms with Crippen LogP contribution in [0, 0.1) is 0 Å². The predicted octanol–water partition coefficient (Wildman–Crippen LogP) is 1.48. The van der Waals surface area contributed by atoms with Crippen molar-refractivity contribution in [2.24, 2.45) is 0 Å². The Balaban J connectivity index is 4.36. The zero-order valence-electron chi connectivity index (χ0n) is 12.2. The molecular formula is C13H26N2O4. The maximum Gasteiger partial charge on any atom is 0.315 e.